The Morgan fingerprint density at radius 2 is 2.24 bits per heavy atom. The number of fused-ring (bicyclic) bond motifs is 3. The van der Waals surface area contributed by atoms with Crippen LogP contribution in [0.15, 0.2) is 35.4 Å². The third kappa shape index (κ3) is 3.05. The lowest BCUT2D eigenvalue weighted by atomic mass is 10.2. The number of benzene rings is 1. The van der Waals surface area contributed by atoms with Gasteiger partial charge in [-0.1, -0.05) is 29.8 Å². The van der Waals surface area contributed by atoms with Crippen molar-refractivity contribution >= 4 is 34.3 Å². The Morgan fingerprint density at radius 1 is 1.48 bits per heavy atom. The van der Waals surface area contributed by atoms with Gasteiger partial charge in [0.15, 0.2) is 5.65 Å². The molecule has 1 N–H and O–H groups in total. The van der Waals surface area contributed by atoms with Gasteiger partial charge in [0.25, 0.3) is 0 Å². The molecular weight excluding hydrogens is 332 g/mol. The van der Waals surface area contributed by atoms with Crippen LogP contribution in [0.25, 0.3) is 16.7 Å². The van der Waals surface area contributed by atoms with Crippen molar-refractivity contribution in [2.24, 2.45) is 0 Å². The molecule has 3 rings (SSSR count). The molecular formula is C19H16N4OS. The molecule has 25 heavy (non-hydrogen) atoms. The molecule has 0 fully saturated rings. The first kappa shape index (κ1) is 16.9. The van der Waals surface area contributed by atoms with Gasteiger partial charge in [-0.25, -0.2) is 4.98 Å². The number of pyridine rings is 1. The van der Waals surface area contributed by atoms with Crippen LogP contribution in [0.4, 0.5) is 0 Å². The minimum absolute atomic E-state index is 0.123. The summed E-state index contributed by atoms with van der Waals surface area (Å²) in [6.45, 7) is 3.92. The van der Waals surface area contributed by atoms with Crippen molar-refractivity contribution in [2.45, 2.75) is 24.1 Å². The quantitative estimate of drug-likeness (QED) is 0.581. The van der Waals surface area contributed by atoms with Crippen molar-refractivity contribution < 1.29 is 4.79 Å². The Morgan fingerprint density at radius 3 is 2.96 bits per heavy atom. The monoisotopic (exact) mass is 348 g/mol. The summed E-state index contributed by atoms with van der Waals surface area (Å²) in [5.41, 5.74) is 3.72. The number of carbonyl (C=O) groups excluding carboxylic acids is 1. The summed E-state index contributed by atoms with van der Waals surface area (Å²) in [6, 6.07) is 11.9. The van der Waals surface area contributed by atoms with Gasteiger partial charge in [-0.15, -0.1) is 6.42 Å². The van der Waals surface area contributed by atoms with E-state index in [1.54, 1.807) is 0 Å². The van der Waals surface area contributed by atoms with Gasteiger partial charge in [-0.3, -0.25) is 9.20 Å². The first-order chi connectivity index (χ1) is 12.1. The summed E-state index contributed by atoms with van der Waals surface area (Å²) in [4.78, 5) is 16.8. The Kier molecular flexibility index (Phi) is 4.65. The van der Waals surface area contributed by atoms with Crippen LogP contribution in [0.1, 0.15) is 18.1 Å². The van der Waals surface area contributed by atoms with Crippen LogP contribution in [-0.2, 0) is 4.79 Å². The number of aryl methyl sites for hydroxylation is 1. The third-order valence-electron chi connectivity index (χ3n) is 3.88. The van der Waals surface area contributed by atoms with Gasteiger partial charge in [0, 0.05) is 0 Å². The van der Waals surface area contributed by atoms with Crippen LogP contribution in [0, 0.1) is 30.6 Å². The maximum absolute atomic E-state index is 12.1. The van der Waals surface area contributed by atoms with Crippen LogP contribution < -0.4 is 5.32 Å². The first-order valence-electron chi connectivity index (χ1n) is 7.75. The lowest BCUT2D eigenvalue weighted by Gasteiger charge is -2.14. The predicted molar refractivity (Wildman–Crippen MR) is 99.3 cm³/mol. The fourth-order valence-electron chi connectivity index (χ4n) is 2.66. The molecule has 2 heterocycles. The number of para-hydroxylation sites is 2. The average Bonchev–Trinajstić information content (AvgIpc) is 2.99. The number of hydrogen-bond acceptors (Lipinski definition) is 4. The number of hydrogen-bond donors (Lipinski definition) is 1. The molecule has 5 nitrogen and oxygen atoms in total. The molecule has 0 saturated carbocycles. The molecule has 0 radical (unpaired) electrons. The normalized spacial score (nSPS) is 11.8. The number of nitriles is 1. The molecule has 0 aliphatic carbocycles. The number of amides is 1. The summed E-state index contributed by atoms with van der Waals surface area (Å²) in [6.07, 6.45) is 5.19. The Balaban J connectivity index is 2.14. The van der Waals surface area contributed by atoms with Gasteiger partial charge in [0.2, 0.25) is 5.91 Å². The second kappa shape index (κ2) is 6.88. The van der Waals surface area contributed by atoms with Crippen molar-refractivity contribution in [3.63, 3.8) is 0 Å². The number of nitrogens with one attached hydrogen (secondary N) is 1. The minimum atomic E-state index is -0.329. The number of imidazole rings is 1. The maximum Gasteiger partial charge on any atom is 0.234 e. The highest BCUT2D eigenvalue weighted by Crippen LogP contribution is 2.31. The van der Waals surface area contributed by atoms with E-state index in [1.165, 1.54) is 11.8 Å². The highest BCUT2D eigenvalue weighted by atomic mass is 32.2. The summed E-state index contributed by atoms with van der Waals surface area (Å²) in [7, 11) is 0. The lowest BCUT2D eigenvalue weighted by molar-refractivity contribution is -0.120. The number of aromatic nitrogens is 2. The van der Waals surface area contributed by atoms with Gasteiger partial charge in [-0.05, 0) is 37.6 Å². The molecule has 3 aromatic rings. The van der Waals surface area contributed by atoms with Crippen LogP contribution >= 0.6 is 11.8 Å². The summed E-state index contributed by atoms with van der Waals surface area (Å²) in [5, 5.41) is 12.7. The fraction of sp³-hybridized carbons (Fsp3) is 0.211. The molecule has 1 amide bonds. The van der Waals surface area contributed by atoms with E-state index < -0.39 is 0 Å². The summed E-state index contributed by atoms with van der Waals surface area (Å²) in [5.74, 6) is 2.28. The van der Waals surface area contributed by atoms with Crippen LogP contribution in [0.3, 0.4) is 0 Å². The number of terminal acetylenes is 1. The highest BCUT2D eigenvalue weighted by molar-refractivity contribution is 8.00. The largest absolute Gasteiger partial charge is 0.344 e. The zero-order valence-corrected chi connectivity index (χ0v) is 14.7. The van der Waals surface area contributed by atoms with Gasteiger partial charge in [-0.2, -0.15) is 5.26 Å². The molecule has 124 valence electrons. The van der Waals surface area contributed by atoms with Gasteiger partial charge in [0.05, 0.1) is 33.4 Å². The van der Waals surface area contributed by atoms with Crippen molar-refractivity contribution in [3.8, 4) is 18.4 Å². The Hall–Kier alpha value is -2.96. The topological polar surface area (TPSA) is 70.2 Å². The SMILES string of the molecule is C#CCNC(=O)C(C)Sc1cc(C)c(C#N)c2nc3ccccc3n12. The molecule has 1 atom stereocenters. The van der Waals surface area contributed by atoms with E-state index in [2.05, 4.69) is 22.3 Å². The zero-order valence-electron chi connectivity index (χ0n) is 13.9. The van der Waals surface area contributed by atoms with Gasteiger partial charge >= 0.3 is 0 Å². The second-order valence-electron chi connectivity index (χ2n) is 5.59. The molecule has 6 heteroatoms. The van der Waals surface area contributed by atoms with Gasteiger partial charge in [0.1, 0.15) is 6.07 Å². The molecule has 1 aromatic carbocycles. The number of rotatable bonds is 4. The number of thioether (sulfide) groups is 1. The lowest BCUT2D eigenvalue weighted by Crippen LogP contribution is -2.31. The van der Waals surface area contributed by atoms with Crippen molar-refractivity contribution in [1.82, 2.24) is 14.7 Å². The molecule has 0 aliphatic heterocycles. The molecule has 0 spiro atoms. The Labute approximate surface area is 150 Å². The van der Waals surface area contributed by atoms with E-state index in [4.69, 9.17) is 6.42 Å². The maximum atomic E-state index is 12.1. The van der Waals surface area contributed by atoms with Gasteiger partial charge < -0.3 is 5.32 Å². The fourth-order valence-corrected chi connectivity index (χ4v) is 3.74. The van der Waals surface area contributed by atoms with E-state index in [-0.39, 0.29) is 17.7 Å². The van der Waals surface area contributed by atoms with Crippen LogP contribution in [-0.4, -0.2) is 27.1 Å². The second-order valence-corrected chi connectivity index (χ2v) is 6.96. The first-order valence-corrected chi connectivity index (χ1v) is 8.63. The van der Waals surface area contributed by atoms with Crippen LogP contribution in [0.5, 0.6) is 0 Å². The summed E-state index contributed by atoms with van der Waals surface area (Å²) >= 11 is 1.42. The smallest absolute Gasteiger partial charge is 0.234 e. The Bertz CT molecular complexity index is 1060. The number of carbonyl (C=O) groups is 1. The highest BCUT2D eigenvalue weighted by Gasteiger charge is 2.19. The van der Waals surface area contributed by atoms with E-state index in [1.807, 2.05) is 48.6 Å². The standard InChI is InChI=1S/C19H16N4OS/c1-4-9-21-19(24)13(3)25-17-10-12(2)14(11-20)18-22-15-7-5-6-8-16(15)23(17)18/h1,5-8,10,13H,9H2,2-3H3,(H,21,24). The average molecular weight is 348 g/mol. The van der Waals surface area contributed by atoms with Crippen molar-refractivity contribution in [2.75, 3.05) is 6.54 Å². The van der Waals surface area contributed by atoms with Crippen molar-refractivity contribution in [1.29, 1.82) is 5.26 Å². The van der Waals surface area contributed by atoms with Crippen molar-refractivity contribution in [3.05, 3.63) is 41.5 Å². The summed E-state index contributed by atoms with van der Waals surface area (Å²) < 4.78 is 1.94. The zero-order chi connectivity index (χ0) is 18.0. The minimum Gasteiger partial charge on any atom is -0.344 e. The molecule has 1 unspecified atom stereocenters. The molecule has 0 saturated heterocycles. The molecule has 0 bridgehead atoms. The van der Waals surface area contributed by atoms with E-state index in [0.717, 1.165) is 21.6 Å². The molecule has 2 aromatic heterocycles. The van der Waals surface area contributed by atoms with E-state index in [0.29, 0.717) is 11.2 Å². The van der Waals surface area contributed by atoms with Crippen LogP contribution in [0.2, 0.25) is 0 Å². The third-order valence-corrected chi connectivity index (χ3v) is 4.99. The van der Waals surface area contributed by atoms with E-state index >= 15 is 0 Å². The van der Waals surface area contributed by atoms with E-state index in [9.17, 15) is 10.1 Å². The number of nitrogens with zero attached hydrogens (tertiary/aromatic N) is 3. The predicted octanol–water partition coefficient (Wildman–Crippen LogP) is 2.90. The molecule has 0 aliphatic rings.